The van der Waals surface area contributed by atoms with Crippen molar-refractivity contribution in [1.82, 2.24) is 4.98 Å². The molecule has 0 bridgehead atoms. The minimum atomic E-state index is -2.68. The van der Waals surface area contributed by atoms with Crippen LogP contribution in [0.1, 0.15) is 0 Å². The number of aliphatic hydroxyl groups excluding tert-OH is 1. The Morgan fingerprint density at radius 3 is 2.71 bits per heavy atom. The van der Waals surface area contributed by atoms with E-state index in [1.54, 1.807) is 24.3 Å². The first-order valence-electron chi connectivity index (χ1n) is 6.20. The summed E-state index contributed by atoms with van der Waals surface area (Å²) < 4.78 is 25.4. The second-order valence-electron chi connectivity index (χ2n) is 4.33. The van der Waals surface area contributed by atoms with Gasteiger partial charge in [-0.15, -0.1) is 0 Å². The topological polar surface area (TPSA) is 79.5 Å². The molecule has 0 spiro atoms. The van der Waals surface area contributed by atoms with E-state index in [1.807, 2.05) is 0 Å². The average molecular weight is 297 g/mol. The Labute approximate surface area is 118 Å². The fraction of sp³-hybridized carbons (Fsp3) is 0.308. The van der Waals surface area contributed by atoms with Crippen LogP contribution in [0.15, 0.2) is 30.5 Å². The van der Waals surface area contributed by atoms with Gasteiger partial charge in [0, 0.05) is 11.9 Å². The minimum Gasteiger partial charge on any atom is -0.395 e. The molecule has 0 saturated carbocycles. The minimum absolute atomic E-state index is 0.0555. The maximum Gasteiger partial charge on any atom is 0.311 e. The number of anilines is 1. The highest BCUT2D eigenvalue weighted by molar-refractivity contribution is 5.96. The van der Waals surface area contributed by atoms with E-state index in [9.17, 15) is 18.9 Å². The number of rotatable bonds is 6. The molecular weight excluding hydrogens is 284 g/mol. The van der Waals surface area contributed by atoms with Gasteiger partial charge >= 0.3 is 5.69 Å². The molecule has 2 aromatic rings. The highest BCUT2D eigenvalue weighted by Gasteiger charge is 2.25. The highest BCUT2D eigenvalue weighted by atomic mass is 19.3. The maximum atomic E-state index is 12.7. The number of aliphatic hydroxyl groups is 1. The molecule has 0 aliphatic heterocycles. The number of aromatic nitrogens is 1. The molecule has 0 fully saturated rings. The van der Waals surface area contributed by atoms with E-state index in [0.717, 1.165) is 11.1 Å². The molecule has 0 aliphatic rings. The second-order valence-corrected chi connectivity index (χ2v) is 4.33. The number of nitrogens with zero attached hydrogens (tertiary/aromatic N) is 3. The summed E-state index contributed by atoms with van der Waals surface area (Å²) in [6.45, 7) is -1.21. The predicted octanol–water partition coefficient (Wildman–Crippen LogP) is 2.21. The van der Waals surface area contributed by atoms with Gasteiger partial charge in [0.25, 0.3) is 6.43 Å². The molecule has 0 amide bonds. The summed E-state index contributed by atoms with van der Waals surface area (Å²) in [5, 5.41) is 20.6. The quantitative estimate of drug-likeness (QED) is 0.653. The third-order valence-corrected chi connectivity index (χ3v) is 2.97. The van der Waals surface area contributed by atoms with Gasteiger partial charge in [-0.2, -0.15) is 0 Å². The van der Waals surface area contributed by atoms with Crippen molar-refractivity contribution in [2.24, 2.45) is 0 Å². The number of benzene rings is 1. The summed E-state index contributed by atoms with van der Waals surface area (Å²) in [5.41, 5.74) is 0.165. The van der Waals surface area contributed by atoms with Gasteiger partial charge in [-0.1, -0.05) is 18.2 Å². The van der Waals surface area contributed by atoms with Crippen molar-refractivity contribution >= 4 is 22.3 Å². The van der Waals surface area contributed by atoms with Crippen LogP contribution in [0.3, 0.4) is 0 Å². The SMILES string of the molecule is O=[N+]([O-])c1cnc2ccccc2c1N(CCO)CC(F)F. The van der Waals surface area contributed by atoms with E-state index in [-0.39, 0.29) is 24.5 Å². The van der Waals surface area contributed by atoms with Crippen molar-refractivity contribution in [2.45, 2.75) is 6.43 Å². The van der Waals surface area contributed by atoms with Crippen molar-refractivity contribution in [3.05, 3.63) is 40.6 Å². The van der Waals surface area contributed by atoms with Crippen molar-refractivity contribution in [1.29, 1.82) is 0 Å². The third kappa shape index (κ3) is 3.22. The summed E-state index contributed by atoms with van der Waals surface area (Å²) in [6.07, 6.45) is -1.63. The molecule has 0 aliphatic carbocycles. The number of fused-ring (bicyclic) bond motifs is 1. The van der Waals surface area contributed by atoms with Crippen molar-refractivity contribution < 1.29 is 18.8 Å². The summed E-state index contributed by atoms with van der Waals surface area (Å²) in [7, 11) is 0. The maximum absolute atomic E-state index is 12.7. The van der Waals surface area contributed by atoms with Gasteiger partial charge in [-0.3, -0.25) is 10.1 Å². The van der Waals surface area contributed by atoms with Gasteiger partial charge in [0.15, 0.2) is 0 Å². The monoisotopic (exact) mass is 297 g/mol. The number of hydrogen-bond donors (Lipinski definition) is 1. The van der Waals surface area contributed by atoms with E-state index >= 15 is 0 Å². The number of pyridine rings is 1. The fourth-order valence-corrected chi connectivity index (χ4v) is 2.16. The summed E-state index contributed by atoms with van der Waals surface area (Å²) >= 11 is 0. The lowest BCUT2D eigenvalue weighted by atomic mass is 10.1. The first-order chi connectivity index (χ1) is 10.0. The zero-order valence-electron chi connectivity index (χ0n) is 10.9. The number of alkyl halides is 2. The zero-order chi connectivity index (χ0) is 15.4. The lowest BCUT2D eigenvalue weighted by Crippen LogP contribution is -2.32. The number of halogens is 2. The summed E-state index contributed by atoms with van der Waals surface area (Å²) in [5.74, 6) is 0. The average Bonchev–Trinajstić information content (AvgIpc) is 2.45. The van der Waals surface area contributed by atoms with Crippen LogP contribution in [-0.2, 0) is 0 Å². The number of nitro groups is 1. The van der Waals surface area contributed by atoms with Crippen LogP contribution in [0.5, 0.6) is 0 Å². The van der Waals surface area contributed by atoms with Crippen LogP contribution in [-0.4, -0.2) is 41.1 Å². The lowest BCUT2D eigenvalue weighted by molar-refractivity contribution is -0.384. The predicted molar refractivity (Wildman–Crippen MR) is 73.7 cm³/mol. The highest BCUT2D eigenvalue weighted by Crippen LogP contribution is 2.34. The van der Waals surface area contributed by atoms with Gasteiger partial charge in [0.05, 0.1) is 23.6 Å². The Kier molecular flexibility index (Phi) is 4.59. The van der Waals surface area contributed by atoms with Crippen molar-refractivity contribution in [2.75, 3.05) is 24.6 Å². The Morgan fingerprint density at radius 2 is 2.10 bits per heavy atom. The lowest BCUT2D eigenvalue weighted by Gasteiger charge is -2.24. The van der Waals surface area contributed by atoms with Crippen molar-refractivity contribution in [3.8, 4) is 0 Å². The summed E-state index contributed by atoms with van der Waals surface area (Å²) in [6, 6.07) is 6.58. The molecular formula is C13H13F2N3O3. The molecule has 0 unspecified atom stereocenters. The van der Waals surface area contributed by atoms with Gasteiger partial charge in [-0.25, -0.2) is 13.8 Å². The molecule has 1 heterocycles. The van der Waals surface area contributed by atoms with E-state index in [2.05, 4.69) is 4.98 Å². The van der Waals surface area contributed by atoms with Crippen LogP contribution in [0.2, 0.25) is 0 Å². The van der Waals surface area contributed by atoms with E-state index in [4.69, 9.17) is 5.11 Å². The van der Waals surface area contributed by atoms with Crippen molar-refractivity contribution in [3.63, 3.8) is 0 Å². The smallest absolute Gasteiger partial charge is 0.311 e. The fourth-order valence-electron chi connectivity index (χ4n) is 2.16. The van der Waals surface area contributed by atoms with Crippen LogP contribution in [0.25, 0.3) is 10.9 Å². The van der Waals surface area contributed by atoms with Gasteiger partial charge in [-0.05, 0) is 6.07 Å². The van der Waals surface area contributed by atoms with Crippen LogP contribution < -0.4 is 4.90 Å². The van der Waals surface area contributed by atoms with Gasteiger partial charge in [0.2, 0.25) is 0 Å². The standard InChI is InChI=1S/C13H13F2N3O3/c14-12(15)8-17(5-6-19)13-9-3-1-2-4-10(9)16-7-11(13)18(20)21/h1-4,7,12,19H,5-6,8H2. The molecule has 0 radical (unpaired) electrons. The Morgan fingerprint density at radius 1 is 1.38 bits per heavy atom. The molecule has 8 heteroatoms. The molecule has 0 saturated heterocycles. The Hall–Kier alpha value is -2.35. The zero-order valence-corrected chi connectivity index (χ0v) is 10.9. The molecule has 21 heavy (non-hydrogen) atoms. The second kappa shape index (κ2) is 6.40. The Balaban J connectivity index is 2.66. The van der Waals surface area contributed by atoms with Crippen LogP contribution in [0, 0.1) is 10.1 Å². The number of hydrogen-bond acceptors (Lipinski definition) is 5. The molecule has 2 rings (SSSR count). The van der Waals surface area contributed by atoms with Gasteiger partial charge < -0.3 is 10.0 Å². The molecule has 1 aromatic carbocycles. The first-order valence-corrected chi connectivity index (χ1v) is 6.20. The first kappa shape index (κ1) is 15.0. The molecule has 0 atom stereocenters. The number of para-hydroxylation sites is 1. The van der Waals surface area contributed by atoms with E-state index in [1.165, 1.54) is 0 Å². The largest absolute Gasteiger partial charge is 0.395 e. The Bertz CT molecular complexity index is 652. The molecule has 6 nitrogen and oxygen atoms in total. The van der Waals surface area contributed by atoms with Gasteiger partial charge in [0.1, 0.15) is 11.9 Å². The normalized spacial score (nSPS) is 11.0. The third-order valence-electron chi connectivity index (χ3n) is 2.97. The van der Waals surface area contributed by atoms with E-state index in [0.29, 0.717) is 10.9 Å². The molecule has 1 N–H and O–H groups in total. The molecule has 112 valence electrons. The molecule has 1 aromatic heterocycles. The van der Waals surface area contributed by atoms with Crippen LogP contribution in [0.4, 0.5) is 20.2 Å². The van der Waals surface area contributed by atoms with E-state index < -0.39 is 17.9 Å². The summed E-state index contributed by atoms with van der Waals surface area (Å²) in [4.78, 5) is 15.6. The van der Waals surface area contributed by atoms with Crippen LogP contribution >= 0.6 is 0 Å².